The molecule has 9 nitrogen and oxygen atoms in total. The molecule has 9 heteroatoms. The van der Waals surface area contributed by atoms with E-state index in [1.807, 2.05) is 0 Å². The summed E-state index contributed by atoms with van der Waals surface area (Å²) in [5.41, 5.74) is 0.521. The molecular weight excluding hydrogens is 408 g/mol. The number of unbranched alkanes of at least 4 members (excludes halogenated alkanes) is 1. The van der Waals surface area contributed by atoms with Crippen molar-refractivity contribution in [2.45, 2.75) is 56.7 Å². The van der Waals surface area contributed by atoms with Crippen LogP contribution < -0.4 is 4.74 Å². The summed E-state index contributed by atoms with van der Waals surface area (Å²) < 4.78 is 11.7. The van der Waals surface area contributed by atoms with Gasteiger partial charge in [-0.25, -0.2) is 4.79 Å². The fourth-order valence-electron chi connectivity index (χ4n) is 3.74. The summed E-state index contributed by atoms with van der Waals surface area (Å²) in [6.07, 6.45) is -4.98. The van der Waals surface area contributed by atoms with Gasteiger partial charge in [-0.1, -0.05) is 12.1 Å². The second-order valence-electron chi connectivity index (χ2n) is 7.65. The summed E-state index contributed by atoms with van der Waals surface area (Å²) in [7, 11) is 0. The number of hydrogen-bond acceptors (Lipinski definition) is 7. The Kier molecular flexibility index (Phi) is 7.11. The second kappa shape index (κ2) is 9.61. The van der Waals surface area contributed by atoms with Gasteiger partial charge in [0, 0.05) is 12.0 Å². The zero-order chi connectivity index (χ0) is 22.7. The van der Waals surface area contributed by atoms with Crippen LogP contribution in [0.25, 0.3) is 10.8 Å². The van der Waals surface area contributed by atoms with E-state index in [0.29, 0.717) is 34.9 Å². The van der Waals surface area contributed by atoms with E-state index in [1.54, 1.807) is 25.1 Å². The predicted octanol–water partition coefficient (Wildman–Crippen LogP) is 1.71. The monoisotopic (exact) mass is 434 g/mol. The highest BCUT2D eigenvalue weighted by atomic mass is 16.5. The van der Waals surface area contributed by atoms with Crippen molar-refractivity contribution in [2.75, 3.05) is 6.61 Å². The molecule has 168 valence electrons. The molecule has 31 heavy (non-hydrogen) atoms. The Hall–Kier alpha value is -2.72. The molecule has 0 spiro atoms. The third-order valence-corrected chi connectivity index (χ3v) is 5.45. The smallest absolute Gasteiger partial charge is 0.335 e. The van der Waals surface area contributed by atoms with Gasteiger partial charge in [0.2, 0.25) is 0 Å². The molecule has 5 atom stereocenters. The van der Waals surface area contributed by atoms with Crippen LogP contribution in [0.15, 0.2) is 30.3 Å². The van der Waals surface area contributed by atoms with Crippen molar-refractivity contribution in [3.8, 4) is 5.75 Å². The normalized spacial score (nSPS) is 26.0. The van der Waals surface area contributed by atoms with Crippen LogP contribution in [0.2, 0.25) is 0 Å². The fourth-order valence-corrected chi connectivity index (χ4v) is 3.74. The Balaban J connectivity index is 1.99. The lowest BCUT2D eigenvalue weighted by Gasteiger charge is -2.40. The van der Waals surface area contributed by atoms with Crippen molar-refractivity contribution < 1.29 is 44.6 Å². The van der Waals surface area contributed by atoms with Crippen molar-refractivity contribution in [3.05, 3.63) is 41.5 Å². The molecule has 0 saturated carbocycles. The number of aliphatic carboxylic acids is 1. The van der Waals surface area contributed by atoms with Gasteiger partial charge in [-0.05, 0) is 48.7 Å². The summed E-state index contributed by atoms with van der Waals surface area (Å²) in [5.74, 6) is -1.60. The summed E-state index contributed by atoms with van der Waals surface area (Å²) >= 11 is 0. The molecule has 2 aromatic carbocycles. The number of ether oxygens (including phenoxy) is 2. The van der Waals surface area contributed by atoms with Gasteiger partial charge in [-0.3, -0.25) is 4.79 Å². The van der Waals surface area contributed by atoms with Crippen molar-refractivity contribution >= 4 is 22.7 Å². The van der Waals surface area contributed by atoms with E-state index in [1.165, 1.54) is 12.1 Å². The first-order chi connectivity index (χ1) is 14.7. The number of aliphatic hydroxyl groups excluding tert-OH is 3. The van der Waals surface area contributed by atoms with Gasteiger partial charge >= 0.3 is 11.9 Å². The SMILES string of the molecule is C[C@@H]1O[C@H](c2c(OCCCCC(=O)O)ccc3cc(C(=O)O)ccc23)[C@@H](O)[C@H](O)[C@@H]1O. The van der Waals surface area contributed by atoms with Gasteiger partial charge in [0.15, 0.2) is 0 Å². The summed E-state index contributed by atoms with van der Waals surface area (Å²) in [4.78, 5) is 22.0. The minimum atomic E-state index is -1.44. The molecule has 0 unspecified atom stereocenters. The van der Waals surface area contributed by atoms with Gasteiger partial charge in [-0.2, -0.15) is 0 Å². The van der Waals surface area contributed by atoms with Gasteiger partial charge in [0.1, 0.15) is 30.2 Å². The molecule has 1 fully saturated rings. The molecule has 0 aromatic heterocycles. The van der Waals surface area contributed by atoms with Crippen molar-refractivity contribution in [3.63, 3.8) is 0 Å². The number of rotatable bonds is 8. The Morgan fingerprint density at radius 1 is 1.00 bits per heavy atom. The fraction of sp³-hybridized carbons (Fsp3) is 0.455. The largest absolute Gasteiger partial charge is 0.493 e. The van der Waals surface area contributed by atoms with Crippen molar-refractivity contribution in [2.24, 2.45) is 0 Å². The molecule has 2 aromatic rings. The summed E-state index contributed by atoms with van der Waals surface area (Å²) in [6.45, 7) is 1.80. The standard InChI is InChI=1S/C22H26O9/c1-11-18(25)19(26)20(27)21(31-11)17-14-7-5-13(22(28)29)10-12(14)6-8-15(17)30-9-3-2-4-16(23)24/h5-8,10-11,18-21,25-27H,2-4,9H2,1H3,(H,23,24)(H,28,29)/t11-,18+,19+,20-,21+/m0/s1. The molecule has 1 aliphatic rings. The second-order valence-corrected chi connectivity index (χ2v) is 7.65. The molecule has 1 heterocycles. The highest BCUT2D eigenvalue weighted by Gasteiger charge is 2.43. The molecule has 0 aliphatic carbocycles. The van der Waals surface area contributed by atoms with Gasteiger partial charge in [0.25, 0.3) is 0 Å². The first-order valence-corrected chi connectivity index (χ1v) is 10.0. The van der Waals surface area contributed by atoms with Crippen LogP contribution in [-0.4, -0.2) is 68.5 Å². The van der Waals surface area contributed by atoms with Crippen LogP contribution >= 0.6 is 0 Å². The Bertz CT molecular complexity index is 957. The Labute approximate surface area is 178 Å². The Morgan fingerprint density at radius 3 is 2.42 bits per heavy atom. The third kappa shape index (κ3) is 4.96. The van der Waals surface area contributed by atoms with Gasteiger partial charge < -0.3 is 35.0 Å². The number of carbonyl (C=O) groups is 2. The molecule has 3 rings (SSSR count). The lowest BCUT2D eigenvalue weighted by Crippen LogP contribution is -2.53. The highest BCUT2D eigenvalue weighted by Crippen LogP contribution is 2.41. The molecule has 1 aliphatic heterocycles. The predicted molar refractivity (Wildman–Crippen MR) is 109 cm³/mol. The van der Waals surface area contributed by atoms with Crippen molar-refractivity contribution in [1.29, 1.82) is 0 Å². The van der Waals surface area contributed by atoms with Gasteiger partial charge in [0.05, 0.1) is 18.3 Å². The molecule has 1 saturated heterocycles. The third-order valence-electron chi connectivity index (χ3n) is 5.45. The summed E-state index contributed by atoms with van der Waals surface area (Å²) in [6, 6.07) is 7.81. The zero-order valence-electron chi connectivity index (χ0n) is 17.0. The first kappa shape index (κ1) is 23.0. The van der Waals surface area contributed by atoms with Crippen LogP contribution in [0.3, 0.4) is 0 Å². The number of benzene rings is 2. The van der Waals surface area contributed by atoms with E-state index in [2.05, 4.69) is 0 Å². The van der Waals surface area contributed by atoms with E-state index >= 15 is 0 Å². The average molecular weight is 434 g/mol. The maximum Gasteiger partial charge on any atom is 0.335 e. The zero-order valence-corrected chi connectivity index (χ0v) is 17.0. The lowest BCUT2D eigenvalue weighted by molar-refractivity contribution is -0.219. The number of aromatic carboxylic acids is 1. The number of carboxylic acids is 2. The molecule has 0 amide bonds. The van der Waals surface area contributed by atoms with Crippen LogP contribution in [0.5, 0.6) is 5.75 Å². The molecule has 5 N–H and O–H groups in total. The lowest BCUT2D eigenvalue weighted by atomic mass is 9.88. The molecular formula is C22H26O9. The summed E-state index contributed by atoms with van der Waals surface area (Å²) in [5, 5.41) is 50.1. The highest BCUT2D eigenvalue weighted by molar-refractivity contribution is 5.96. The van der Waals surface area contributed by atoms with E-state index in [-0.39, 0.29) is 18.6 Å². The quantitative estimate of drug-likeness (QED) is 0.391. The van der Waals surface area contributed by atoms with Crippen LogP contribution in [0.4, 0.5) is 0 Å². The molecule has 0 radical (unpaired) electrons. The number of fused-ring (bicyclic) bond motifs is 1. The van der Waals surface area contributed by atoms with Crippen LogP contribution in [-0.2, 0) is 9.53 Å². The van der Waals surface area contributed by atoms with E-state index in [9.17, 15) is 30.0 Å². The minimum absolute atomic E-state index is 0.0257. The maximum atomic E-state index is 11.3. The van der Waals surface area contributed by atoms with Crippen LogP contribution in [0.1, 0.15) is 48.2 Å². The van der Waals surface area contributed by atoms with Crippen LogP contribution in [0, 0.1) is 0 Å². The average Bonchev–Trinajstić information content (AvgIpc) is 2.73. The van der Waals surface area contributed by atoms with Gasteiger partial charge in [-0.15, -0.1) is 0 Å². The topological polar surface area (TPSA) is 154 Å². The number of aliphatic hydroxyl groups is 3. The maximum absolute atomic E-state index is 11.3. The van der Waals surface area contributed by atoms with E-state index in [4.69, 9.17) is 14.6 Å². The van der Waals surface area contributed by atoms with E-state index < -0.39 is 42.5 Å². The van der Waals surface area contributed by atoms with E-state index in [0.717, 1.165) is 0 Å². The molecule has 0 bridgehead atoms. The number of hydrogen-bond donors (Lipinski definition) is 5. The first-order valence-electron chi connectivity index (χ1n) is 10.0. The Morgan fingerprint density at radius 2 is 1.74 bits per heavy atom. The number of carboxylic acid groups (broad SMARTS) is 2. The van der Waals surface area contributed by atoms with Crippen molar-refractivity contribution in [1.82, 2.24) is 0 Å². The minimum Gasteiger partial charge on any atom is -0.493 e.